The summed E-state index contributed by atoms with van der Waals surface area (Å²) in [6, 6.07) is 98.3. The van der Waals surface area contributed by atoms with E-state index in [9.17, 15) is 0 Å². The molecule has 0 aliphatic heterocycles. The van der Waals surface area contributed by atoms with Crippen LogP contribution in [0.5, 0.6) is 0 Å². The smallest absolute Gasteiger partial charge is 0.137 e. The lowest BCUT2D eigenvalue weighted by Gasteiger charge is -2.28. The number of rotatable bonds is 8. The zero-order valence-electron chi connectivity index (χ0n) is 47.1. The Kier molecular flexibility index (Phi) is 10.4. The van der Waals surface area contributed by atoms with E-state index in [1.807, 2.05) is 12.1 Å². The summed E-state index contributed by atoms with van der Waals surface area (Å²) in [6.07, 6.45) is 0. The van der Waals surface area contributed by atoms with Crippen molar-refractivity contribution in [2.45, 2.75) is 38.5 Å². The zero-order valence-corrected chi connectivity index (χ0v) is 47.1. The summed E-state index contributed by atoms with van der Waals surface area (Å²) < 4.78 is 13.2. The van der Waals surface area contributed by atoms with Crippen LogP contribution in [0.15, 0.2) is 276 Å². The molecule has 0 bridgehead atoms. The van der Waals surface area contributed by atoms with E-state index in [0.29, 0.717) is 0 Å². The number of furan rings is 2. The molecule has 2 aromatic heterocycles. The predicted molar refractivity (Wildman–Crippen MR) is 351 cm³/mol. The normalized spacial score (nSPS) is 13.7. The zero-order chi connectivity index (χ0) is 56.0. The van der Waals surface area contributed by atoms with Gasteiger partial charge in [0.05, 0.1) is 0 Å². The van der Waals surface area contributed by atoms with Crippen molar-refractivity contribution in [3.05, 3.63) is 289 Å². The average molecular weight is 1080 g/mol. The second kappa shape index (κ2) is 18.0. The molecule has 84 heavy (non-hydrogen) atoms. The van der Waals surface area contributed by atoms with E-state index in [2.05, 4.69) is 292 Å². The van der Waals surface area contributed by atoms with Crippen LogP contribution in [0.25, 0.3) is 110 Å². The fourth-order valence-corrected chi connectivity index (χ4v) is 14.6. The third kappa shape index (κ3) is 7.13. The Morgan fingerprint density at radius 1 is 0.238 bits per heavy atom. The molecular formula is C80H56N2O2. The Hall–Kier alpha value is -10.4. The summed E-state index contributed by atoms with van der Waals surface area (Å²) in [7, 11) is 0. The predicted octanol–water partition coefficient (Wildman–Crippen LogP) is 22.7. The topological polar surface area (TPSA) is 32.8 Å². The van der Waals surface area contributed by atoms with Crippen molar-refractivity contribution in [2.24, 2.45) is 0 Å². The van der Waals surface area contributed by atoms with E-state index in [1.165, 1.54) is 88.3 Å². The van der Waals surface area contributed by atoms with Gasteiger partial charge in [0, 0.05) is 78.6 Å². The maximum absolute atomic E-state index is 6.60. The molecule has 13 aromatic carbocycles. The number of hydrogen-bond donors (Lipinski definition) is 0. The lowest BCUT2D eigenvalue weighted by Crippen LogP contribution is -2.15. The van der Waals surface area contributed by atoms with Crippen molar-refractivity contribution in [1.29, 1.82) is 0 Å². The molecule has 0 spiro atoms. The SMILES string of the molecule is CC1(C)c2ccccc2-c2ccc(-c3c4ccc(N(c5ccccc5)c5ccc6c(c5)oc5ccccc56)cc4c(-c4ccc5c(c4)C(C)(C)c4ccccc4-5)c4ccc(N(c5ccccc5)c5ccc6c(c5)oc5ccccc56)cc34)cc21. The van der Waals surface area contributed by atoms with Gasteiger partial charge in [0.25, 0.3) is 0 Å². The number of para-hydroxylation sites is 4. The van der Waals surface area contributed by atoms with Crippen molar-refractivity contribution in [2.75, 3.05) is 9.80 Å². The van der Waals surface area contributed by atoms with Crippen LogP contribution < -0.4 is 9.80 Å². The van der Waals surface area contributed by atoms with Crippen molar-refractivity contribution in [3.63, 3.8) is 0 Å². The maximum Gasteiger partial charge on any atom is 0.137 e. The molecule has 0 amide bonds. The first-order valence-corrected chi connectivity index (χ1v) is 29.2. The number of fused-ring (bicyclic) bond motifs is 14. The van der Waals surface area contributed by atoms with Crippen LogP contribution in [-0.4, -0.2) is 0 Å². The summed E-state index contributed by atoms with van der Waals surface area (Å²) in [4.78, 5) is 4.77. The van der Waals surface area contributed by atoms with Gasteiger partial charge in [-0.05, 0) is 185 Å². The first-order valence-electron chi connectivity index (χ1n) is 29.2. The molecule has 0 unspecified atom stereocenters. The van der Waals surface area contributed by atoms with Crippen molar-refractivity contribution < 1.29 is 8.83 Å². The summed E-state index contributed by atoms with van der Waals surface area (Å²) in [6.45, 7) is 9.54. The fourth-order valence-electron chi connectivity index (χ4n) is 14.6. The van der Waals surface area contributed by atoms with E-state index in [-0.39, 0.29) is 10.8 Å². The highest BCUT2D eigenvalue weighted by Crippen LogP contribution is 2.55. The lowest BCUT2D eigenvalue weighted by molar-refractivity contribution is 0.660. The van der Waals surface area contributed by atoms with Crippen LogP contribution in [0.4, 0.5) is 34.1 Å². The molecule has 398 valence electrons. The van der Waals surface area contributed by atoms with Gasteiger partial charge in [-0.25, -0.2) is 0 Å². The molecule has 0 saturated heterocycles. The molecule has 0 saturated carbocycles. The first-order chi connectivity index (χ1) is 41.2. The van der Waals surface area contributed by atoms with Gasteiger partial charge in [-0.3, -0.25) is 0 Å². The van der Waals surface area contributed by atoms with Crippen LogP contribution in [-0.2, 0) is 10.8 Å². The molecule has 17 rings (SSSR count). The number of benzene rings is 13. The molecule has 2 aliphatic carbocycles. The molecular weight excluding hydrogens is 1020 g/mol. The molecule has 2 aliphatic rings. The number of hydrogen-bond acceptors (Lipinski definition) is 4. The summed E-state index contributed by atoms with van der Waals surface area (Å²) >= 11 is 0. The van der Waals surface area contributed by atoms with Gasteiger partial charge in [-0.15, -0.1) is 0 Å². The van der Waals surface area contributed by atoms with Gasteiger partial charge < -0.3 is 18.6 Å². The lowest BCUT2D eigenvalue weighted by atomic mass is 9.79. The second-order valence-electron chi connectivity index (χ2n) is 24.0. The van der Waals surface area contributed by atoms with E-state index in [0.717, 1.165) is 78.0 Å². The van der Waals surface area contributed by atoms with Crippen LogP contribution in [0.1, 0.15) is 49.9 Å². The standard InChI is InChI=1S/C80H56N2O2/c1-79(2)69-27-15-11-23-57(69)59-37-31-49(43-71(59)79)77-65-41-35-54(82(52-21-9-6-10-22-52)56-34-40-64-62-26-14-18-30-74(62)84-76(64)48-56)46-68(65)78(50-32-38-60-58-24-12-16-28-70(58)80(3,4)72(60)44-50)66-42-36-53(45-67(66)77)81(51-19-7-5-8-20-51)55-33-39-63-61-25-13-17-29-73(61)83-75(63)47-55/h5-48H,1-4H3. The highest BCUT2D eigenvalue weighted by atomic mass is 16.3. The Labute approximate surface area is 487 Å². The molecule has 0 N–H and O–H groups in total. The number of nitrogens with zero attached hydrogens (tertiary/aromatic N) is 2. The van der Waals surface area contributed by atoms with Gasteiger partial charge in [0.2, 0.25) is 0 Å². The van der Waals surface area contributed by atoms with E-state index in [1.54, 1.807) is 0 Å². The molecule has 15 aromatic rings. The van der Waals surface area contributed by atoms with Gasteiger partial charge in [0.15, 0.2) is 0 Å². The van der Waals surface area contributed by atoms with E-state index >= 15 is 0 Å². The van der Waals surface area contributed by atoms with Crippen LogP contribution in [0.2, 0.25) is 0 Å². The summed E-state index contributed by atoms with van der Waals surface area (Å²) in [5.74, 6) is 0. The van der Waals surface area contributed by atoms with Gasteiger partial charge in [0.1, 0.15) is 22.3 Å². The fraction of sp³-hybridized carbons (Fsp3) is 0.0750. The Morgan fingerprint density at radius 3 is 1.02 bits per heavy atom. The molecule has 4 heteroatoms. The quantitative estimate of drug-likeness (QED) is 0.142. The molecule has 0 atom stereocenters. The van der Waals surface area contributed by atoms with Gasteiger partial charge in [-0.1, -0.05) is 185 Å². The Morgan fingerprint density at radius 2 is 0.583 bits per heavy atom. The summed E-state index contributed by atoms with van der Waals surface area (Å²) in [5, 5.41) is 9.10. The van der Waals surface area contributed by atoms with E-state index in [4.69, 9.17) is 8.83 Å². The van der Waals surface area contributed by atoms with Gasteiger partial charge >= 0.3 is 0 Å². The van der Waals surface area contributed by atoms with Crippen LogP contribution >= 0.6 is 0 Å². The minimum absolute atomic E-state index is 0.211. The van der Waals surface area contributed by atoms with Crippen LogP contribution in [0.3, 0.4) is 0 Å². The monoisotopic (exact) mass is 1080 g/mol. The first kappa shape index (κ1) is 48.3. The van der Waals surface area contributed by atoms with Crippen molar-refractivity contribution >= 4 is 99.5 Å². The molecule has 4 nitrogen and oxygen atoms in total. The highest BCUT2D eigenvalue weighted by Gasteiger charge is 2.37. The largest absolute Gasteiger partial charge is 0.456 e. The van der Waals surface area contributed by atoms with Crippen molar-refractivity contribution in [1.82, 2.24) is 0 Å². The third-order valence-electron chi connectivity index (χ3n) is 18.6. The Balaban J connectivity index is 0.968. The molecule has 0 radical (unpaired) electrons. The third-order valence-corrected chi connectivity index (χ3v) is 18.6. The Bertz CT molecular complexity index is 4890. The second-order valence-corrected chi connectivity index (χ2v) is 24.0. The minimum atomic E-state index is -0.211. The van der Waals surface area contributed by atoms with Crippen LogP contribution in [0, 0.1) is 0 Å². The van der Waals surface area contributed by atoms with Gasteiger partial charge in [-0.2, -0.15) is 0 Å². The number of anilines is 6. The average Bonchev–Trinajstić information content (AvgIpc) is 2.64. The minimum Gasteiger partial charge on any atom is -0.456 e. The summed E-state index contributed by atoms with van der Waals surface area (Å²) in [5.41, 5.74) is 24.6. The highest BCUT2D eigenvalue weighted by molar-refractivity contribution is 6.23. The maximum atomic E-state index is 6.60. The van der Waals surface area contributed by atoms with E-state index < -0.39 is 0 Å². The molecule has 0 fully saturated rings. The van der Waals surface area contributed by atoms with Crippen molar-refractivity contribution in [3.8, 4) is 44.5 Å². The molecule has 2 heterocycles.